The molecule has 1 saturated heterocycles. The van der Waals surface area contributed by atoms with Gasteiger partial charge in [0.2, 0.25) is 5.91 Å². The maximum Gasteiger partial charge on any atom is 0.347 e. The molecule has 4 aromatic rings. The first-order valence-electron chi connectivity index (χ1n) is 10.5. The summed E-state index contributed by atoms with van der Waals surface area (Å²) >= 11 is 0. The number of furan rings is 1. The summed E-state index contributed by atoms with van der Waals surface area (Å²) in [6.07, 6.45) is 0.215. The van der Waals surface area contributed by atoms with Crippen molar-refractivity contribution < 1.29 is 26.8 Å². The zero-order chi connectivity index (χ0) is 23.2. The number of rotatable bonds is 5. The summed E-state index contributed by atoms with van der Waals surface area (Å²) in [5, 5.41) is 3.60. The van der Waals surface area contributed by atoms with Gasteiger partial charge in [0, 0.05) is 17.2 Å². The van der Waals surface area contributed by atoms with Gasteiger partial charge in [0.15, 0.2) is 15.4 Å². The van der Waals surface area contributed by atoms with Gasteiger partial charge in [-0.3, -0.25) is 4.79 Å². The second-order valence-electron chi connectivity index (χ2n) is 8.07. The van der Waals surface area contributed by atoms with E-state index in [0.29, 0.717) is 45.6 Å². The Morgan fingerprint density at radius 3 is 2.58 bits per heavy atom. The quantitative estimate of drug-likeness (QED) is 0.449. The first-order valence-corrected chi connectivity index (χ1v) is 12.3. The van der Waals surface area contributed by atoms with Crippen LogP contribution in [0.1, 0.15) is 12.0 Å². The molecule has 1 amide bonds. The van der Waals surface area contributed by atoms with Crippen molar-refractivity contribution in [1.29, 1.82) is 0 Å². The molecule has 1 unspecified atom stereocenters. The minimum absolute atomic E-state index is 0.0548. The molecule has 5 rings (SSSR count). The molecule has 1 aliphatic rings. The van der Waals surface area contributed by atoms with Gasteiger partial charge in [-0.15, -0.1) is 0 Å². The summed E-state index contributed by atoms with van der Waals surface area (Å²) in [6.45, 7) is 0. The van der Waals surface area contributed by atoms with Gasteiger partial charge in [0.05, 0.1) is 30.4 Å². The molecule has 170 valence electrons. The maximum absolute atomic E-state index is 12.9. The molecule has 0 saturated carbocycles. The third kappa shape index (κ3) is 4.00. The lowest BCUT2D eigenvalue weighted by molar-refractivity contribution is -0.120. The van der Waals surface area contributed by atoms with Gasteiger partial charge in [-0.1, -0.05) is 12.1 Å². The molecular weight excluding hydrogens is 446 g/mol. The number of para-hydroxylation sites is 1. The Bertz CT molecular complexity index is 1530. The monoisotopic (exact) mass is 467 g/mol. The highest BCUT2D eigenvalue weighted by atomic mass is 32.2. The SMILES string of the molecule is COc1ccc(-c2oc3c(c2CC(=O)NC2CCS(=O)(=O)C2)c(=O)oc2ccccc23)cc1. The second kappa shape index (κ2) is 8.08. The van der Waals surface area contributed by atoms with Crippen molar-refractivity contribution in [3.8, 4) is 17.1 Å². The minimum atomic E-state index is -3.14. The molecule has 9 heteroatoms. The summed E-state index contributed by atoms with van der Waals surface area (Å²) in [5.74, 6) is 0.622. The number of benzene rings is 2. The van der Waals surface area contributed by atoms with Crippen molar-refractivity contribution in [2.24, 2.45) is 0 Å². The smallest absolute Gasteiger partial charge is 0.347 e. The lowest BCUT2D eigenvalue weighted by Gasteiger charge is -2.11. The topological polar surface area (TPSA) is 116 Å². The molecule has 0 aliphatic carbocycles. The summed E-state index contributed by atoms with van der Waals surface area (Å²) in [6, 6.07) is 13.7. The van der Waals surface area contributed by atoms with Crippen LogP contribution in [0.25, 0.3) is 33.3 Å². The predicted octanol–water partition coefficient (Wildman–Crippen LogP) is 3.06. The molecule has 2 aromatic carbocycles. The van der Waals surface area contributed by atoms with Gasteiger partial charge in [-0.25, -0.2) is 13.2 Å². The fourth-order valence-electron chi connectivity index (χ4n) is 4.26. The molecule has 1 N–H and O–H groups in total. The number of carbonyl (C=O) groups excluding carboxylic acids is 1. The average Bonchev–Trinajstić information content (AvgIpc) is 3.34. The van der Waals surface area contributed by atoms with E-state index in [1.54, 1.807) is 49.6 Å². The number of ether oxygens (including phenoxy) is 1. The van der Waals surface area contributed by atoms with E-state index in [0.717, 1.165) is 0 Å². The molecule has 33 heavy (non-hydrogen) atoms. The molecule has 0 radical (unpaired) electrons. The van der Waals surface area contributed by atoms with E-state index in [4.69, 9.17) is 13.6 Å². The lowest BCUT2D eigenvalue weighted by Crippen LogP contribution is -2.36. The molecule has 0 spiro atoms. The Balaban J connectivity index is 1.62. The number of carbonyl (C=O) groups is 1. The number of sulfone groups is 1. The zero-order valence-electron chi connectivity index (χ0n) is 17.8. The zero-order valence-corrected chi connectivity index (χ0v) is 18.6. The third-order valence-electron chi connectivity index (χ3n) is 5.83. The summed E-state index contributed by atoms with van der Waals surface area (Å²) < 4.78 is 40.4. The molecule has 8 nitrogen and oxygen atoms in total. The van der Waals surface area contributed by atoms with Gasteiger partial charge >= 0.3 is 5.63 Å². The van der Waals surface area contributed by atoms with E-state index in [1.165, 1.54) is 0 Å². The van der Waals surface area contributed by atoms with Crippen LogP contribution in [-0.4, -0.2) is 39.0 Å². The van der Waals surface area contributed by atoms with Crippen molar-refractivity contribution in [2.75, 3.05) is 18.6 Å². The van der Waals surface area contributed by atoms with Gasteiger partial charge in [0.1, 0.15) is 22.5 Å². The van der Waals surface area contributed by atoms with Gasteiger partial charge in [-0.05, 0) is 42.8 Å². The Hall–Kier alpha value is -3.59. The summed E-state index contributed by atoms with van der Waals surface area (Å²) in [7, 11) is -1.57. The van der Waals surface area contributed by atoms with Crippen molar-refractivity contribution in [1.82, 2.24) is 5.32 Å². The van der Waals surface area contributed by atoms with Crippen molar-refractivity contribution in [2.45, 2.75) is 18.9 Å². The highest BCUT2D eigenvalue weighted by molar-refractivity contribution is 7.91. The number of amides is 1. The Morgan fingerprint density at radius 1 is 1.12 bits per heavy atom. The van der Waals surface area contributed by atoms with Crippen molar-refractivity contribution >= 4 is 37.7 Å². The van der Waals surface area contributed by atoms with Gasteiger partial charge in [-0.2, -0.15) is 0 Å². The Kier molecular flexibility index (Phi) is 5.20. The first-order chi connectivity index (χ1) is 15.8. The van der Waals surface area contributed by atoms with Crippen LogP contribution in [0.3, 0.4) is 0 Å². The third-order valence-corrected chi connectivity index (χ3v) is 7.60. The minimum Gasteiger partial charge on any atom is -0.497 e. The fraction of sp³-hybridized carbons (Fsp3) is 0.250. The number of methoxy groups -OCH3 is 1. The number of nitrogens with one attached hydrogen (secondary N) is 1. The van der Waals surface area contributed by atoms with E-state index in [9.17, 15) is 18.0 Å². The maximum atomic E-state index is 12.9. The van der Waals surface area contributed by atoms with E-state index < -0.39 is 21.5 Å². The molecular formula is C24H21NO7S. The highest BCUT2D eigenvalue weighted by Gasteiger charge is 2.30. The normalized spacial score (nSPS) is 17.4. The van der Waals surface area contributed by atoms with Crippen LogP contribution in [0, 0.1) is 0 Å². The van der Waals surface area contributed by atoms with Crippen LogP contribution in [0.15, 0.2) is 62.2 Å². The van der Waals surface area contributed by atoms with E-state index >= 15 is 0 Å². The predicted molar refractivity (Wildman–Crippen MR) is 123 cm³/mol. The Morgan fingerprint density at radius 2 is 1.88 bits per heavy atom. The van der Waals surface area contributed by atoms with Gasteiger partial charge in [0.25, 0.3) is 0 Å². The van der Waals surface area contributed by atoms with Crippen LogP contribution in [-0.2, 0) is 21.1 Å². The molecule has 1 fully saturated rings. The van der Waals surface area contributed by atoms with Crippen LogP contribution >= 0.6 is 0 Å². The van der Waals surface area contributed by atoms with E-state index in [-0.39, 0.29) is 29.2 Å². The summed E-state index contributed by atoms with van der Waals surface area (Å²) in [4.78, 5) is 25.8. The largest absolute Gasteiger partial charge is 0.497 e. The standard InChI is InChI=1S/C24H21NO7S/c1-30-16-8-6-14(7-9-16)22-18(12-20(26)25-15-10-11-33(28,29)13-15)21-23(32-22)17-4-2-3-5-19(17)31-24(21)27/h2-9,15H,10-13H2,1H3,(H,25,26). The van der Waals surface area contributed by atoms with Crippen molar-refractivity contribution in [3.63, 3.8) is 0 Å². The average molecular weight is 467 g/mol. The first kappa shape index (κ1) is 21.3. The molecule has 0 bridgehead atoms. The van der Waals surface area contributed by atoms with Crippen molar-refractivity contribution in [3.05, 3.63) is 64.5 Å². The number of hydrogen-bond donors (Lipinski definition) is 1. The molecule has 3 heterocycles. The number of fused-ring (bicyclic) bond motifs is 3. The van der Waals surface area contributed by atoms with Crippen LogP contribution in [0.4, 0.5) is 0 Å². The molecule has 1 atom stereocenters. The lowest BCUT2D eigenvalue weighted by atomic mass is 10.0. The highest BCUT2D eigenvalue weighted by Crippen LogP contribution is 2.36. The van der Waals surface area contributed by atoms with E-state index in [1.807, 2.05) is 6.07 Å². The second-order valence-corrected chi connectivity index (χ2v) is 10.3. The van der Waals surface area contributed by atoms with Crippen LogP contribution in [0.2, 0.25) is 0 Å². The Labute approximate surface area is 189 Å². The molecule has 1 aliphatic heterocycles. The van der Waals surface area contributed by atoms with Crippen LogP contribution in [0.5, 0.6) is 5.75 Å². The fourth-order valence-corrected chi connectivity index (χ4v) is 5.93. The van der Waals surface area contributed by atoms with Crippen LogP contribution < -0.4 is 15.7 Å². The summed E-state index contributed by atoms with van der Waals surface area (Å²) in [5.41, 5.74) is 1.20. The number of hydrogen-bond acceptors (Lipinski definition) is 7. The van der Waals surface area contributed by atoms with Gasteiger partial charge < -0.3 is 18.9 Å². The molecule has 2 aromatic heterocycles. The van der Waals surface area contributed by atoms with E-state index in [2.05, 4.69) is 5.32 Å².